The number of rotatable bonds is 9. The molecule has 0 radical (unpaired) electrons. The van der Waals surface area contributed by atoms with E-state index in [2.05, 4.69) is 5.32 Å². The Morgan fingerprint density at radius 1 is 1.00 bits per heavy atom. The fourth-order valence-electron chi connectivity index (χ4n) is 2.95. The molecule has 3 N–H and O–H groups in total. The van der Waals surface area contributed by atoms with E-state index in [0.29, 0.717) is 25.0 Å². The lowest BCUT2D eigenvalue weighted by Gasteiger charge is -2.19. The van der Waals surface area contributed by atoms with Gasteiger partial charge in [0, 0.05) is 6.54 Å². The molecule has 0 spiro atoms. The van der Waals surface area contributed by atoms with Crippen molar-refractivity contribution in [2.45, 2.75) is 44.3 Å². The number of hydrogen-bond acceptors (Lipinski definition) is 3. The number of ether oxygens (including phenoxy) is 1. The maximum atomic E-state index is 13.0. The van der Waals surface area contributed by atoms with Crippen LogP contribution in [0, 0.1) is 0 Å². The highest BCUT2D eigenvalue weighted by Crippen LogP contribution is 2.37. The first-order valence-electron chi connectivity index (χ1n) is 9.86. The molecule has 0 bridgehead atoms. The third-order valence-corrected chi connectivity index (χ3v) is 4.77. The first-order chi connectivity index (χ1) is 14.9. The predicted molar refractivity (Wildman–Crippen MR) is 107 cm³/mol. The highest BCUT2D eigenvalue weighted by molar-refractivity contribution is 5.81. The zero-order chi connectivity index (χ0) is 23.9. The van der Waals surface area contributed by atoms with E-state index >= 15 is 0 Å². The number of alkyl halides is 6. The lowest BCUT2D eigenvalue weighted by atomic mass is 10.0. The second-order valence-electron chi connectivity index (χ2n) is 7.27. The van der Waals surface area contributed by atoms with Crippen LogP contribution in [0.2, 0.25) is 0 Å². The maximum Gasteiger partial charge on any atom is 0.416 e. The summed E-state index contributed by atoms with van der Waals surface area (Å²) in [6.45, 7) is 1.23. The molecule has 0 aromatic heterocycles. The summed E-state index contributed by atoms with van der Waals surface area (Å²) in [6, 6.07) is 10.0. The molecule has 0 aliphatic heterocycles. The number of nitrogens with two attached hydrogens (primary N) is 1. The average molecular weight is 462 g/mol. The standard InChI is InChI=1S/C22H24F6N2O2/c1-14(16-11-17(21(23,24)25)13-18(12-16)22(26,27)28)32-10-9-30-20(31)19(29)8-7-15-5-3-2-4-6-15/h2-6,11-14,19H,7-10,29H2,1H3,(H,30,31)/t14-,19+/m1/s1. The summed E-state index contributed by atoms with van der Waals surface area (Å²) in [5, 5.41) is 2.55. The highest BCUT2D eigenvalue weighted by Gasteiger charge is 2.37. The van der Waals surface area contributed by atoms with Gasteiger partial charge in [-0.1, -0.05) is 30.3 Å². The van der Waals surface area contributed by atoms with Gasteiger partial charge in [-0.3, -0.25) is 4.79 Å². The first kappa shape index (κ1) is 25.7. The van der Waals surface area contributed by atoms with Crippen LogP contribution >= 0.6 is 0 Å². The summed E-state index contributed by atoms with van der Waals surface area (Å²) in [5.41, 5.74) is 3.80. The van der Waals surface area contributed by atoms with E-state index < -0.39 is 41.5 Å². The van der Waals surface area contributed by atoms with Crippen molar-refractivity contribution in [2.24, 2.45) is 5.73 Å². The highest BCUT2D eigenvalue weighted by atomic mass is 19.4. The van der Waals surface area contributed by atoms with Gasteiger partial charge in [-0.15, -0.1) is 0 Å². The Labute approximate surface area is 181 Å². The molecule has 0 fully saturated rings. The number of carbonyl (C=O) groups excluding carboxylic acids is 1. The van der Waals surface area contributed by atoms with Crippen molar-refractivity contribution in [3.63, 3.8) is 0 Å². The molecule has 0 heterocycles. The van der Waals surface area contributed by atoms with Crippen LogP contribution < -0.4 is 11.1 Å². The quantitative estimate of drug-likeness (QED) is 0.413. The number of hydrogen-bond donors (Lipinski definition) is 2. The van der Waals surface area contributed by atoms with Crippen LogP contribution in [0.3, 0.4) is 0 Å². The summed E-state index contributed by atoms with van der Waals surface area (Å²) in [5.74, 6) is -0.421. The monoisotopic (exact) mass is 462 g/mol. The van der Waals surface area contributed by atoms with E-state index in [4.69, 9.17) is 10.5 Å². The topological polar surface area (TPSA) is 64.3 Å². The Balaban J connectivity index is 1.87. The molecule has 1 amide bonds. The minimum absolute atomic E-state index is 0.00724. The predicted octanol–water partition coefficient (Wildman–Crippen LogP) is 4.88. The maximum absolute atomic E-state index is 13.0. The molecular formula is C22H24F6N2O2. The Morgan fingerprint density at radius 3 is 2.09 bits per heavy atom. The van der Waals surface area contributed by atoms with Crippen molar-refractivity contribution < 1.29 is 35.9 Å². The van der Waals surface area contributed by atoms with Gasteiger partial charge in [-0.05, 0) is 49.1 Å². The van der Waals surface area contributed by atoms with Crippen LogP contribution in [0.25, 0.3) is 0 Å². The lowest BCUT2D eigenvalue weighted by molar-refractivity contribution is -0.143. The van der Waals surface area contributed by atoms with Crippen molar-refractivity contribution in [2.75, 3.05) is 13.2 Å². The normalized spacial score (nSPS) is 14.1. The van der Waals surface area contributed by atoms with E-state index in [1.165, 1.54) is 6.92 Å². The zero-order valence-corrected chi connectivity index (χ0v) is 17.3. The van der Waals surface area contributed by atoms with E-state index in [1.54, 1.807) is 0 Å². The second kappa shape index (κ2) is 10.8. The van der Waals surface area contributed by atoms with Crippen LogP contribution in [-0.2, 0) is 28.3 Å². The van der Waals surface area contributed by atoms with Gasteiger partial charge >= 0.3 is 12.4 Å². The summed E-state index contributed by atoms with van der Waals surface area (Å²) >= 11 is 0. The molecule has 4 nitrogen and oxygen atoms in total. The van der Waals surface area contributed by atoms with Gasteiger partial charge < -0.3 is 15.8 Å². The van der Waals surface area contributed by atoms with Gasteiger partial charge in [0.2, 0.25) is 5.91 Å². The van der Waals surface area contributed by atoms with Crippen molar-refractivity contribution in [3.05, 3.63) is 70.8 Å². The average Bonchev–Trinajstić information content (AvgIpc) is 2.73. The lowest BCUT2D eigenvalue weighted by Crippen LogP contribution is -2.42. The van der Waals surface area contributed by atoms with E-state index in [0.717, 1.165) is 5.56 Å². The molecule has 2 aromatic carbocycles. The van der Waals surface area contributed by atoms with Gasteiger partial charge in [0.25, 0.3) is 0 Å². The molecule has 2 rings (SSSR count). The van der Waals surface area contributed by atoms with Crippen LogP contribution in [-0.4, -0.2) is 25.1 Å². The molecule has 0 aliphatic carbocycles. The Bertz CT molecular complexity index is 852. The van der Waals surface area contributed by atoms with Gasteiger partial charge in [0.15, 0.2) is 0 Å². The molecule has 2 atom stereocenters. The van der Waals surface area contributed by atoms with Crippen LogP contribution in [0.5, 0.6) is 0 Å². The second-order valence-corrected chi connectivity index (χ2v) is 7.27. The first-order valence-corrected chi connectivity index (χ1v) is 9.86. The number of carbonyl (C=O) groups is 1. The summed E-state index contributed by atoms with van der Waals surface area (Å²) in [4.78, 5) is 12.0. The van der Waals surface area contributed by atoms with Gasteiger partial charge in [0.05, 0.1) is 29.9 Å². The smallest absolute Gasteiger partial charge is 0.372 e. The summed E-state index contributed by atoms with van der Waals surface area (Å²) in [7, 11) is 0. The summed E-state index contributed by atoms with van der Waals surface area (Å²) < 4.78 is 83.2. The van der Waals surface area contributed by atoms with Crippen molar-refractivity contribution in [1.29, 1.82) is 0 Å². The molecule has 176 valence electrons. The van der Waals surface area contributed by atoms with Gasteiger partial charge in [-0.25, -0.2) is 0 Å². The third-order valence-electron chi connectivity index (χ3n) is 4.77. The van der Waals surface area contributed by atoms with E-state index in [-0.39, 0.29) is 24.8 Å². The third kappa shape index (κ3) is 7.83. The molecule has 0 saturated heterocycles. The largest absolute Gasteiger partial charge is 0.416 e. The van der Waals surface area contributed by atoms with Crippen LogP contribution in [0.15, 0.2) is 48.5 Å². The molecular weight excluding hydrogens is 438 g/mol. The fourth-order valence-corrected chi connectivity index (χ4v) is 2.95. The number of nitrogens with one attached hydrogen (secondary N) is 1. The molecule has 10 heteroatoms. The zero-order valence-electron chi connectivity index (χ0n) is 17.3. The van der Waals surface area contributed by atoms with Gasteiger partial charge in [-0.2, -0.15) is 26.3 Å². The van der Waals surface area contributed by atoms with E-state index in [9.17, 15) is 31.1 Å². The van der Waals surface area contributed by atoms with Crippen molar-refractivity contribution in [1.82, 2.24) is 5.32 Å². The molecule has 2 aromatic rings. The number of halogens is 6. The van der Waals surface area contributed by atoms with Crippen molar-refractivity contribution >= 4 is 5.91 Å². The Hall–Kier alpha value is -2.59. The SMILES string of the molecule is C[C@@H](OCCNC(=O)[C@@H](N)CCc1ccccc1)c1cc(C(F)(F)F)cc(C(F)(F)F)c1. The molecule has 32 heavy (non-hydrogen) atoms. The van der Waals surface area contributed by atoms with Crippen LogP contribution in [0.1, 0.15) is 41.7 Å². The summed E-state index contributed by atoms with van der Waals surface area (Å²) in [6.07, 6.45) is -9.89. The Kier molecular flexibility index (Phi) is 8.68. The number of benzene rings is 2. The minimum atomic E-state index is -4.93. The Morgan fingerprint density at radius 2 is 1.56 bits per heavy atom. The minimum Gasteiger partial charge on any atom is -0.372 e. The number of aryl methyl sites for hydroxylation is 1. The van der Waals surface area contributed by atoms with E-state index in [1.807, 2.05) is 30.3 Å². The van der Waals surface area contributed by atoms with Crippen LogP contribution in [0.4, 0.5) is 26.3 Å². The van der Waals surface area contributed by atoms with Crippen molar-refractivity contribution in [3.8, 4) is 0 Å². The molecule has 0 aliphatic rings. The molecule has 0 unspecified atom stereocenters. The van der Waals surface area contributed by atoms with Gasteiger partial charge in [0.1, 0.15) is 0 Å². The molecule has 0 saturated carbocycles. The number of amides is 1. The fraction of sp³-hybridized carbons (Fsp3) is 0.409.